The monoisotopic (exact) mass is 325 g/mol. The molecule has 0 radical (unpaired) electrons. The number of nitrogens with zero attached hydrogens (tertiary/aromatic N) is 7. The fourth-order valence-electron chi connectivity index (χ4n) is 3.10. The fourth-order valence-corrected chi connectivity index (χ4v) is 3.10. The first-order valence-corrected chi connectivity index (χ1v) is 8.07. The van der Waals surface area contributed by atoms with Crippen LogP contribution in [0.5, 0.6) is 0 Å². The summed E-state index contributed by atoms with van der Waals surface area (Å²) in [6.07, 6.45) is 6.79. The highest BCUT2D eigenvalue weighted by Gasteiger charge is 2.22. The van der Waals surface area contributed by atoms with Gasteiger partial charge in [-0.1, -0.05) is 13.8 Å². The highest BCUT2D eigenvalue weighted by molar-refractivity contribution is 5.43. The van der Waals surface area contributed by atoms with Gasteiger partial charge in [0.1, 0.15) is 18.0 Å². The quantitative estimate of drug-likeness (QED) is 0.709. The lowest BCUT2D eigenvalue weighted by molar-refractivity contribution is 0.201. The molecular formula is C16H19N7O. The molecule has 0 unspecified atom stereocenters. The molecule has 8 nitrogen and oxygen atoms in total. The van der Waals surface area contributed by atoms with Crippen molar-refractivity contribution in [1.29, 1.82) is 0 Å². The van der Waals surface area contributed by atoms with Crippen molar-refractivity contribution in [3.8, 4) is 0 Å². The molecule has 24 heavy (non-hydrogen) atoms. The van der Waals surface area contributed by atoms with Crippen LogP contribution >= 0.6 is 0 Å². The number of aromatic nitrogens is 6. The molecule has 0 atom stereocenters. The molecule has 0 saturated heterocycles. The second-order valence-electron chi connectivity index (χ2n) is 6.40. The molecule has 0 bridgehead atoms. The van der Waals surface area contributed by atoms with Gasteiger partial charge < -0.3 is 0 Å². The van der Waals surface area contributed by atoms with Crippen LogP contribution in [-0.4, -0.2) is 40.6 Å². The zero-order valence-electron chi connectivity index (χ0n) is 13.8. The third-order valence-corrected chi connectivity index (χ3v) is 4.30. The van der Waals surface area contributed by atoms with Gasteiger partial charge in [-0.25, -0.2) is 19.5 Å². The standard InChI is InChI=1S/C16H19N7O/c1-11(2)15-19-7-13-16(24)22-4-3-21(9-14(22)20-23(13)15)8-12-5-17-10-18-6-12/h5-7,10-11H,3-4,8-9H2,1-2H3. The van der Waals surface area contributed by atoms with Gasteiger partial charge in [0.15, 0.2) is 5.52 Å². The molecule has 124 valence electrons. The van der Waals surface area contributed by atoms with E-state index in [2.05, 4.69) is 33.7 Å². The molecule has 0 aromatic carbocycles. The van der Waals surface area contributed by atoms with Crippen LogP contribution in [0.25, 0.3) is 5.52 Å². The van der Waals surface area contributed by atoms with Gasteiger partial charge in [-0.15, -0.1) is 0 Å². The maximum atomic E-state index is 12.7. The molecule has 1 aliphatic rings. The van der Waals surface area contributed by atoms with Crippen molar-refractivity contribution in [2.24, 2.45) is 0 Å². The van der Waals surface area contributed by atoms with Crippen LogP contribution in [-0.2, 0) is 19.6 Å². The molecule has 0 fully saturated rings. The molecule has 4 heterocycles. The molecule has 4 rings (SSSR count). The average molecular weight is 325 g/mol. The average Bonchev–Trinajstić information content (AvgIpc) is 3.00. The Kier molecular flexibility index (Phi) is 3.61. The van der Waals surface area contributed by atoms with Crippen molar-refractivity contribution in [3.05, 3.63) is 52.5 Å². The predicted molar refractivity (Wildman–Crippen MR) is 87.5 cm³/mol. The Labute approximate surface area is 138 Å². The molecule has 0 aliphatic carbocycles. The first-order valence-electron chi connectivity index (χ1n) is 8.07. The summed E-state index contributed by atoms with van der Waals surface area (Å²) in [5.41, 5.74) is 1.59. The second kappa shape index (κ2) is 5.79. The third-order valence-electron chi connectivity index (χ3n) is 4.30. The van der Waals surface area contributed by atoms with Gasteiger partial charge in [0.2, 0.25) is 0 Å². The highest BCUT2D eigenvalue weighted by Crippen LogP contribution is 2.15. The van der Waals surface area contributed by atoms with Gasteiger partial charge in [0.05, 0.1) is 12.7 Å². The zero-order valence-corrected chi connectivity index (χ0v) is 13.8. The van der Waals surface area contributed by atoms with Crippen molar-refractivity contribution in [3.63, 3.8) is 0 Å². The van der Waals surface area contributed by atoms with E-state index in [1.807, 2.05) is 12.4 Å². The largest absolute Gasteiger partial charge is 0.291 e. The molecule has 0 N–H and O–H groups in total. The molecule has 8 heteroatoms. The molecule has 0 saturated carbocycles. The van der Waals surface area contributed by atoms with E-state index in [0.29, 0.717) is 18.6 Å². The molecule has 0 spiro atoms. The molecule has 1 aliphatic heterocycles. The lowest BCUT2D eigenvalue weighted by Gasteiger charge is -2.28. The summed E-state index contributed by atoms with van der Waals surface area (Å²) in [5, 5.41) is 4.69. The van der Waals surface area contributed by atoms with E-state index in [1.165, 1.54) is 6.33 Å². The summed E-state index contributed by atoms with van der Waals surface area (Å²) in [5.74, 6) is 1.80. The Morgan fingerprint density at radius 3 is 2.71 bits per heavy atom. The van der Waals surface area contributed by atoms with E-state index in [9.17, 15) is 4.79 Å². The zero-order chi connectivity index (χ0) is 16.7. The van der Waals surface area contributed by atoms with E-state index in [1.54, 1.807) is 15.3 Å². The van der Waals surface area contributed by atoms with E-state index >= 15 is 0 Å². The summed E-state index contributed by atoms with van der Waals surface area (Å²) < 4.78 is 3.47. The number of hydrogen-bond acceptors (Lipinski definition) is 6. The highest BCUT2D eigenvalue weighted by atomic mass is 16.1. The number of rotatable bonds is 3. The van der Waals surface area contributed by atoms with Crippen molar-refractivity contribution in [2.45, 2.75) is 39.4 Å². The first kappa shape index (κ1) is 14.9. The van der Waals surface area contributed by atoms with Crippen molar-refractivity contribution in [2.75, 3.05) is 6.54 Å². The van der Waals surface area contributed by atoms with E-state index in [-0.39, 0.29) is 11.5 Å². The van der Waals surface area contributed by atoms with Crippen molar-refractivity contribution in [1.82, 2.24) is 34.0 Å². The topological polar surface area (TPSA) is 81.2 Å². The maximum Gasteiger partial charge on any atom is 0.279 e. The SMILES string of the molecule is CC(C)c1ncc2c(=O)n3c(nn12)CN(Cc1cncnc1)CC3. The Hall–Kier alpha value is -2.61. The van der Waals surface area contributed by atoms with Crippen LogP contribution in [0.2, 0.25) is 0 Å². The lowest BCUT2D eigenvalue weighted by Crippen LogP contribution is -2.40. The third kappa shape index (κ3) is 2.48. The number of hydrogen-bond donors (Lipinski definition) is 0. The second-order valence-corrected chi connectivity index (χ2v) is 6.40. The van der Waals surface area contributed by atoms with Gasteiger partial charge in [-0.05, 0) is 0 Å². The molecule has 3 aromatic heterocycles. The first-order chi connectivity index (χ1) is 11.6. The Bertz CT molecular complexity index is 929. The van der Waals surface area contributed by atoms with Gasteiger partial charge in [-0.3, -0.25) is 14.3 Å². The lowest BCUT2D eigenvalue weighted by atomic mass is 10.2. The van der Waals surface area contributed by atoms with Gasteiger partial charge in [0, 0.05) is 43.5 Å². The van der Waals surface area contributed by atoms with Crippen LogP contribution in [0.3, 0.4) is 0 Å². The van der Waals surface area contributed by atoms with Crippen LogP contribution in [0.15, 0.2) is 29.7 Å². The summed E-state index contributed by atoms with van der Waals surface area (Å²) >= 11 is 0. The van der Waals surface area contributed by atoms with Gasteiger partial charge in [0.25, 0.3) is 5.56 Å². The van der Waals surface area contributed by atoms with Crippen LogP contribution < -0.4 is 5.56 Å². The van der Waals surface area contributed by atoms with E-state index in [0.717, 1.165) is 30.3 Å². The number of fused-ring (bicyclic) bond motifs is 2. The smallest absolute Gasteiger partial charge is 0.279 e. The summed E-state index contributed by atoms with van der Waals surface area (Å²) in [4.78, 5) is 27.4. The van der Waals surface area contributed by atoms with Crippen LogP contribution in [0.1, 0.15) is 37.0 Å². The summed E-state index contributed by atoms with van der Waals surface area (Å²) in [6, 6.07) is 0. The number of imidazole rings is 1. The molecular weight excluding hydrogens is 306 g/mol. The Balaban J connectivity index is 1.70. The maximum absolute atomic E-state index is 12.7. The van der Waals surface area contributed by atoms with Gasteiger partial charge in [-0.2, -0.15) is 5.10 Å². The molecule has 0 amide bonds. The minimum atomic E-state index is -0.0119. The van der Waals surface area contributed by atoms with Crippen molar-refractivity contribution >= 4 is 5.52 Å². The predicted octanol–water partition coefficient (Wildman–Crippen LogP) is 0.820. The fraction of sp³-hybridized carbons (Fsp3) is 0.438. The van der Waals surface area contributed by atoms with E-state index in [4.69, 9.17) is 5.10 Å². The summed E-state index contributed by atoms with van der Waals surface area (Å²) in [7, 11) is 0. The van der Waals surface area contributed by atoms with Gasteiger partial charge >= 0.3 is 0 Å². The Morgan fingerprint density at radius 1 is 1.17 bits per heavy atom. The summed E-state index contributed by atoms with van der Waals surface area (Å²) in [6.45, 7) is 6.90. The minimum Gasteiger partial charge on any atom is -0.291 e. The molecule has 3 aromatic rings. The normalized spacial score (nSPS) is 15.1. The Morgan fingerprint density at radius 2 is 1.96 bits per heavy atom. The van der Waals surface area contributed by atoms with Crippen molar-refractivity contribution < 1.29 is 0 Å². The minimum absolute atomic E-state index is 0.0119. The van der Waals surface area contributed by atoms with E-state index < -0.39 is 0 Å². The van der Waals surface area contributed by atoms with Crippen LogP contribution in [0.4, 0.5) is 0 Å². The van der Waals surface area contributed by atoms with Crippen LogP contribution in [0, 0.1) is 0 Å².